The van der Waals surface area contributed by atoms with Gasteiger partial charge in [0.15, 0.2) is 0 Å². The van der Waals surface area contributed by atoms with E-state index in [2.05, 4.69) is 4.72 Å². The van der Waals surface area contributed by atoms with Crippen molar-refractivity contribution in [2.45, 2.75) is 29.7 Å². The predicted octanol–water partition coefficient (Wildman–Crippen LogP) is 6.18. The van der Waals surface area contributed by atoms with Crippen LogP contribution >= 0.6 is 11.8 Å². The molecule has 6 rings (SSSR count). The van der Waals surface area contributed by atoms with Crippen molar-refractivity contribution in [1.82, 2.24) is 0 Å². The van der Waals surface area contributed by atoms with Crippen LogP contribution in [-0.2, 0) is 29.1 Å². The Labute approximate surface area is 264 Å². The van der Waals surface area contributed by atoms with E-state index in [1.807, 2.05) is 19.9 Å². The second-order valence-electron chi connectivity index (χ2n) is 10.3. The number of aryl methyl sites for hydroxylation is 1. The molecule has 3 aromatic carbocycles. The Bertz CT molecular complexity index is 2010. The van der Waals surface area contributed by atoms with Crippen molar-refractivity contribution in [3.05, 3.63) is 142 Å². The molecule has 0 saturated heterocycles. The van der Waals surface area contributed by atoms with E-state index in [1.54, 1.807) is 73.0 Å². The van der Waals surface area contributed by atoms with Crippen LogP contribution in [0.3, 0.4) is 0 Å². The number of nitrogens with one attached hydrogen (secondary N) is 1. The summed E-state index contributed by atoms with van der Waals surface area (Å²) >= 11 is 1.14. The van der Waals surface area contributed by atoms with E-state index in [0.29, 0.717) is 10.5 Å². The summed E-state index contributed by atoms with van der Waals surface area (Å²) in [6, 6.07) is 19.3. The van der Waals surface area contributed by atoms with E-state index in [0.717, 1.165) is 33.4 Å². The standard InChI is InChI=1S/C34H26N2O7S2/c1-21-11-14-24(15-12-21)45(40,41)35-27-8-4-5-9-28(27)36(20-31-32(37)26-7-3-6-10-30(26)44-31)33(38)34(39)43-23-13-16-25-22(2)17-18-42-29(25)19-23/h3-20,29,35H,1-2H3. The van der Waals surface area contributed by atoms with E-state index < -0.39 is 28.0 Å². The molecule has 0 saturated carbocycles. The van der Waals surface area contributed by atoms with Crippen molar-refractivity contribution < 1.29 is 32.3 Å². The summed E-state index contributed by atoms with van der Waals surface area (Å²) in [4.78, 5) is 42.3. The van der Waals surface area contributed by atoms with E-state index in [4.69, 9.17) is 9.47 Å². The number of nitrogens with zero attached hydrogens (tertiary/aromatic N) is 1. The van der Waals surface area contributed by atoms with Crippen molar-refractivity contribution in [1.29, 1.82) is 0 Å². The highest BCUT2D eigenvalue weighted by molar-refractivity contribution is 8.04. The number of hydrogen-bond acceptors (Lipinski definition) is 8. The first kappa shape index (κ1) is 29.9. The lowest BCUT2D eigenvalue weighted by Crippen LogP contribution is -2.35. The number of esters is 1. The zero-order valence-electron chi connectivity index (χ0n) is 24.1. The molecule has 226 valence electrons. The number of para-hydroxylation sites is 2. The third-order valence-electron chi connectivity index (χ3n) is 7.21. The van der Waals surface area contributed by atoms with Gasteiger partial charge in [0.05, 0.1) is 27.4 Å². The lowest BCUT2D eigenvalue weighted by molar-refractivity contribution is -0.150. The highest BCUT2D eigenvalue weighted by Crippen LogP contribution is 2.41. The summed E-state index contributed by atoms with van der Waals surface area (Å²) in [7, 11) is -4.09. The second-order valence-corrected chi connectivity index (χ2v) is 13.1. The average Bonchev–Trinajstić information content (AvgIpc) is 3.35. The van der Waals surface area contributed by atoms with Gasteiger partial charge in [-0.15, -0.1) is 0 Å². The molecular weight excluding hydrogens is 613 g/mol. The van der Waals surface area contributed by atoms with Gasteiger partial charge in [0, 0.05) is 22.7 Å². The van der Waals surface area contributed by atoms with E-state index in [9.17, 15) is 22.8 Å². The highest BCUT2D eigenvalue weighted by Gasteiger charge is 2.32. The number of allylic oxidation sites excluding steroid dienone is 4. The van der Waals surface area contributed by atoms with Crippen LogP contribution in [0.25, 0.3) is 0 Å². The zero-order chi connectivity index (χ0) is 31.7. The molecule has 1 unspecified atom stereocenters. The van der Waals surface area contributed by atoms with Gasteiger partial charge in [-0.2, -0.15) is 0 Å². The molecule has 0 spiro atoms. The fourth-order valence-corrected chi connectivity index (χ4v) is 6.93. The second kappa shape index (κ2) is 12.1. The average molecular weight is 639 g/mol. The van der Waals surface area contributed by atoms with Crippen molar-refractivity contribution >= 4 is 50.8 Å². The van der Waals surface area contributed by atoms with Gasteiger partial charge in [0.25, 0.3) is 10.0 Å². The maximum absolute atomic E-state index is 13.9. The van der Waals surface area contributed by atoms with Gasteiger partial charge in [-0.25, -0.2) is 13.2 Å². The van der Waals surface area contributed by atoms with Crippen molar-refractivity contribution in [2.24, 2.45) is 0 Å². The lowest BCUT2D eigenvalue weighted by Gasteiger charge is -2.24. The number of sulfonamides is 1. The number of amides is 1. The molecule has 0 radical (unpaired) electrons. The van der Waals surface area contributed by atoms with E-state index in [-0.39, 0.29) is 32.7 Å². The quantitative estimate of drug-likeness (QED) is 0.193. The molecule has 3 aromatic rings. The smallest absolute Gasteiger partial charge is 0.403 e. The maximum Gasteiger partial charge on any atom is 0.403 e. The van der Waals surface area contributed by atoms with Crippen molar-refractivity contribution in [3.8, 4) is 0 Å². The number of thioether (sulfide) groups is 1. The van der Waals surface area contributed by atoms with Gasteiger partial charge >= 0.3 is 11.9 Å². The van der Waals surface area contributed by atoms with Crippen LogP contribution in [0.4, 0.5) is 11.4 Å². The summed E-state index contributed by atoms with van der Waals surface area (Å²) in [5, 5.41) is 0. The summed E-state index contributed by atoms with van der Waals surface area (Å²) in [5.74, 6) is -2.63. The number of hydrogen-bond donors (Lipinski definition) is 1. The molecule has 0 aromatic heterocycles. The first-order valence-corrected chi connectivity index (χ1v) is 16.1. The number of ether oxygens (including phenoxy) is 2. The van der Waals surface area contributed by atoms with Crippen LogP contribution in [0.1, 0.15) is 22.8 Å². The van der Waals surface area contributed by atoms with Crippen LogP contribution in [0.15, 0.2) is 141 Å². The SMILES string of the molecule is CC1=C2C=CC(OC(=O)C(=O)N(C=C3Sc4ccccc4C3=O)c3ccccc3NS(=O)(=O)c3ccc(C)cc3)=CC2OC=C1. The number of carbonyl (C=O) groups is 3. The van der Waals surface area contributed by atoms with Crippen LogP contribution in [-0.4, -0.2) is 32.2 Å². The van der Waals surface area contributed by atoms with Crippen molar-refractivity contribution in [2.75, 3.05) is 9.62 Å². The normalized spacial score (nSPS) is 17.7. The molecule has 11 heteroatoms. The van der Waals surface area contributed by atoms with Gasteiger partial charge in [0.2, 0.25) is 5.78 Å². The first-order chi connectivity index (χ1) is 21.6. The number of anilines is 2. The van der Waals surface area contributed by atoms with E-state index in [1.165, 1.54) is 30.5 Å². The zero-order valence-corrected chi connectivity index (χ0v) is 25.7. The summed E-state index contributed by atoms with van der Waals surface area (Å²) in [5.41, 5.74) is 3.24. The van der Waals surface area contributed by atoms with Crippen molar-refractivity contribution in [3.63, 3.8) is 0 Å². The Morgan fingerprint density at radius 2 is 1.69 bits per heavy atom. The largest absolute Gasteiger partial charge is 0.489 e. The van der Waals surface area contributed by atoms with Gasteiger partial charge in [-0.05, 0) is 73.5 Å². The summed E-state index contributed by atoms with van der Waals surface area (Å²) in [6.07, 6.45) is 8.99. The predicted molar refractivity (Wildman–Crippen MR) is 171 cm³/mol. The Kier molecular flexibility index (Phi) is 8.05. The third kappa shape index (κ3) is 6.13. The molecule has 45 heavy (non-hydrogen) atoms. The molecule has 0 bridgehead atoms. The number of benzene rings is 3. The third-order valence-corrected chi connectivity index (χ3v) is 9.68. The van der Waals surface area contributed by atoms with Gasteiger partial charge in [-0.3, -0.25) is 19.2 Å². The lowest BCUT2D eigenvalue weighted by atomic mass is 9.97. The topological polar surface area (TPSA) is 119 Å². The minimum Gasteiger partial charge on any atom is -0.489 e. The van der Waals surface area contributed by atoms with E-state index >= 15 is 0 Å². The van der Waals surface area contributed by atoms with Crippen LogP contribution in [0, 0.1) is 6.92 Å². The fourth-order valence-electron chi connectivity index (χ4n) is 4.84. The van der Waals surface area contributed by atoms with Gasteiger partial charge in [-0.1, -0.05) is 59.8 Å². The molecule has 1 aliphatic carbocycles. The van der Waals surface area contributed by atoms with Gasteiger partial charge < -0.3 is 9.47 Å². The molecule has 2 aliphatic heterocycles. The maximum atomic E-state index is 13.9. The Hall–Kier alpha value is -5.13. The molecule has 1 N–H and O–H groups in total. The molecule has 1 amide bonds. The Morgan fingerprint density at radius 1 is 0.956 bits per heavy atom. The van der Waals surface area contributed by atoms with Crippen LogP contribution in [0.2, 0.25) is 0 Å². The monoisotopic (exact) mass is 638 g/mol. The minimum atomic E-state index is -4.09. The number of Topliss-reactive ketones (excluding diaryl/α,β-unsaturated/α-hetero) is 1. The summed E-state index contributed by atoms with van der Waals surface area (Å²) < 4.78 is 40.2. The fraction of sp³-hybridized carbons (Fsp3) is 0.0882. The number of ketones is 1. The highest BCUT2D eigenvalue weighted by atomic mass is 32.2. The Morgan fingerprint density at radius 3 is 2.47 bits per heavy atom. The molecule has 9 nitrogen and oxygen atoms in total. The molecule has 0 fully saturated rings. The number of carbonyl (C=O) groups excluding carboxylic acids is 3. The number of fused-ring (bicyclic) bond motifs is 2. The van der Waals surface area contributed by atoms with Gasteiger partial charge in [0.1, 0.15) is 11.9 Å². The summed E-state index contributed by atoms with van der Waals surface area (Å²) in [6.45, 7) is 3.77. The van der Waals surface area contributed by atoms with Crippen LogP contribution < -0.4 is 9.62 Å². The van der Waals surface area contributed by atoms with Crippen LogP contribution in [0.5, 0.6) is 0 Å². The first-order valence-electron chi connectivity index (χ1n) is 13.8. The minimum absolute atomic E-state index is 0.00783. The molecule has 2 heterocycles. The Balaban J connectivity index is 1.35. The number of rotatable bonds is 6. The molecule has 3 aliphatic rings. The molecule has 1 atom stereocenters. The molecular formula is C34H26N2O7S2.